The van der Waals surface area contributed by atoms with Crippen molar-refractivity contribution in [2.24, 2.45) is 5.73 Å². The van der Waals surface area contributed by atoms with Crippen molar-refractivity contribution in [2.75, 3.05) is 7.11 Å². The highest BCUT2D eigenvalue weighted by molar-refractivity contribution is 5.42. The number of nitrogens with zero attached hydrogens (tertiary/aromatic N) is 1. The minimum absolute atomic E-state index is 0.111. The molecule has 0 spiro atoms. The van der Waals surface area contributed by atoms with E-state index in [0.717, 1.165) is 22.8 Å². The number of nitrogens with two attached hydrogens (primary N) is 1. The summed E-state index contributed by atoms with van der Waals surface area (Å²) in [5, 5.41) is 3.89. The number of aryl methyl sites for hydroxylation is 1. The number of ether oxygens (including phenoxy) is 2. The first-order valence-electron chi connectivity index (χ1n) is 6.08. The molecule has 0 unspecified atom stereocenters. The minimum Gasteiger partial charge on any atom is -0.497 e. The first kappa shape index (κ1) is 13.4. The maximum absolute atomic E-state index is 5.92. The Kier molecular flexibility index (Phi) is 4.06. The third-order valence-corrected chi connectivity index (χ3v) is 2.76. The molecule has 2 aromatic rings. The first-order chi connectivity index (χ1) is 9.10. The average molecular weight is 262 g/mol. The second kappa shape index (κ2) is 5.75. The minimum atomic E-state index is -0.111. The van der Waals surface area contributed by atoms with E-state index in [2.05, 4.69) is 5.16 Å². The molecule has 0 aliphatic heterocycles. The fraction of sp³-hybridized carbons (Fsp3) is 0.357. The van der Waals surface area contributed by atoms with E-state index in [0.29, 0.717) is 12.4 Å². The quantitative estimate of drug-likeness (QED) is 0.896. The molecule has 0 bridgehead atoms. The van der Waals surface area contributed by atoms with Crippen LogP contribution in [0.1, 0.15) is 30.0 Å². The van der Waals surface area contributed by atoms with E-state index in [-0.39, 0.29) is 6.04 Å². The summed E-state index contributed by atoms with van der Waals surface area (Å²) in [4.78, 5) is 0. The third kappa shape index (κ3) is 3.26. The van der Waals surface area contributed by atoms with Crippen molar-refractivity contribution in [3.05, 3.63) is 41.3 Å². The van der Waals surface area contributed by atoms with Crippen molar-refractivity contribution < 1.29 is 14.0 Å². The SMILES string of the molecule is COc1ccc([C@@H](C)N)c(OCc2cc(C)on2)c1. The maximum Gasteiger partial charge on any atom is 0.134 e. The second-order valence-corrected chi connectivity index (χ2v) is 4.41. The molecule has 0 aliphatic rings. The summed E-state index contributed by atoms with van der Waals surface area (Å²) in [6.45, 7) is 4.09. The molecule has 0 fully saturated rings. The van der Waals surface area contributed by atoms with Gasteiger partial charge in [-0.2, -0.15) is 0 Å². The predicted octanol–water partition coefficient (Wildman–Crippen LogP) is 2.59. The van der Waals surface area contributed by atoms with Crippen LogP contribution in [0.4, 0.5) is 0 Å². The van der Waals surface area contributed by atoms with E-state index in [9.17, 15) is 0 Å². The number of benzene rings is 1. The molecule has 0 radical (unpaired) electrons. The van der Waals surface area contributed by atoms with Crippen LogP contribution in [0.2, 0.25) is 0 Å². The topological polar surface area (TPSA) is 70.5 Å². The highest BCUT2D eigenvalue weighted by Crippen LogP contribution is 2.29. The van der Waals surface area contributed by atoms with E-state index in [4.69, 9.17) is 19.7 Å². The lowest BCUT2D eigenvalue weighted by Crippen LogP contribution is -2.08. The zero-order valence-electron chi connectivity index (χ0n) is 11.3. The van der Waals surface area contributed by atoms with Crippen molar-refractivity contribution in [2.45, 2.75) is 26.5 Å². The summed E-state index contributed by atoms with van der Waals surface area (Å²) in [6.07, 6.45) is 0. The first-order valence-corrected chi connectivity index (χ1v) is 6.08. The summed E-state index contributed by atoms with van der Waals surface area (Å²) in [6, 6.07) is 7.33. The van der Waals surface area contributed by atoms with Crippen LogP contribution >= 0.6 is 0 Å². The Balaban J connectivity index is 2.17. The molecule has 19 heavy (non-hydrogen) atoms. The van der Waals surface area contributed by atoms with Crippen molar-refractivity contribution in [1.82, 2.24) is 5.16 Å². The molecule has 1 aromatic heterocycles. The van der Waals surface area contributed by atoms with Crippen LogP contribution in [-0.2, 0) is 6.61 Å². The highest BCUT2D eigenvalue weighted by Gasteiger charge is 2.11. The van der Waals surface area contributed by atoms with Gasteiger partial charge >= 0.3 is 0 Å². The average Bonchev–Trinajstić information content (AvgIpc) is 2.81. The zero-order valence-corrected chi connectivity index (χ0v) is 11.3. The van der Waals surface area contributed by atoms with E-state index < -0.39 is 0 Å². The lowest BCUT2D eigenvalue weighted by Gasteiger charge is -2.14. The summed E-state index contributed by atoms with van der Waals surface area (Å²) >= 11 is 0. The Labute approximate surface area is 112 Å². The van der Waals surface area contributed by atoms with E-state index >= 15 is 0 Å². The van der Waals surface area contributed by atoms with Gasteiger partial charge in [0.25, 0.3) is 0 Å². The molecule has 1 heterocycles. The van der Waals surface area contributed by atoms with Crippen LogP contribution in [0.3, 0.4) is 0 Å². The van der Waals surface area contributed by atoms with Gasteiger partial charge in [-0.25, -0.2) is 0 Å². The molecule has 1 atom stereocenters. The van der Waals surface area contributed by atoms with Crippen molar-refractivity contribution in [3.63, 3.8) is 0 Å². The van der Waals surface area contributed by atoms with Crippen LogP contribution in [0.5, 0.6) is 11.5 Å². The molecule has 2 N–H and O–H groups in total. The number of methoxy groups -OCH3 is 1. The zero-order chi connectivity index (χ0) is 13.8. The van der Waals surface area contributed by atoms with Gasteiger partial charge in [0, 0.05) is 23.7 Å². The molecule has 0 saturated heterocycles. The molecule has 102 valence electrons. The normalized spacial score (nSPS) is 12.2. The van der Waals surface area contributed by atoms with Gasteiger partial charge in [0.2, 0.25) is 0 Å². The largest absolute Gasteiger partial charge is 0.497 e. The molecular weight excluding hydrogens is 244 g/mol. The fourth-order valence-electron chi connectivity index (χ4n) is 1.78. The Bertz CT molecular complexity index is 549. The van der Waals surface area contributed by atoms with Crippen molar-refractivity contribution in [3.8, 4) is 11.5 Å². The number of aromatic nitrogens is 1. The number of hydrogen-bond donors (Lipinski definition) is 1. The summed E-state index contributed by atoms with van der Waals surface area (Å²) in [7, 11) is 1.62. The van der Waals surface area contributed by atoms with Crippen molar-refractivity contribution in [1.29, 1.82) is 0 Å². The van der Waals surface area contributed by atoms with Crippen LogP contribution in [0.15, 0.2) is 28.8 Å². The highest BCUT2D eigenvalue weighted by atomic mass is 16.5. The molecule has 0 saturated carbocycles. The Morgan fingerprint density at radius 2 is 2.16 bits per heavy atom. The molecule has 0 amide bonds. The smallest absolute Gasteiger partial charge is 0.134 e. The standard InChI is InChI=1S/C14H18N2O3/c1-9-6-11(16-19-9)8-18-14-7-12(17-3)4-5-13(14)10(2)15/h4-7,10H,8,15H2,1-3H3/t10-/m1/s1. The van der Waals surface area contributed by atoms with Crippen LogP contribution in [0, 0.1) is 6.92 Å². The lowest BCUT2D eigenvalue weighted by atomic mass is 10.1. The van der Waals surface area contributed by atoms with Crippen LogP contribution in [0.25, 0.3) is 0 Å². The summed E-state index contributed by atoms with van der Waals surface area (Å²) < 4.78 is 15.9. The Hall–Kier alpha value is -2.01. The number of rotatable bonds is 5. The van der Waals surface area contributed by atoms with Crippen LogP contribution in [-0.4, -0.2) is 12.3 Å². The maximum atomic E-state index is 5.92. The van der Waals surface area contributed by atoms with E-state index in [1.165, 1.54) is 0 Å². The van der Waals surface area contributed by atoms with Gasteiger partial charge in [-0.15, -0.1) is 0 Å². The molecule has 5 nitrogen and oxygen atoms in total. The van der Waals surface area contributed by atoms with Gasteiger partial charge in [0.15, 0.2) is 0 Å². The van der Waals surface area contributed by atoms with Gasteiger partial charge < -0.3 is 19.7 Å². The molecule has 5 heteroatoms. The number of hydrogen-bond acceptors (Lipinski definition) is 5. The van der Waals surface area contributed by atoms with Gasteiger partial charge in [-0.1, -0.05) is 11.2 Å². The Morgan fingerprint density at radius 3 is 2.74 bits per heavy atom. The summed E-state index contributed by atoms with van der Waals surface area (Å²) in [5.41, 5.74) is 7.60. The van der Waals surface area contributed by atoms with Crippen LogP contribution < -0.4 is 15.2 Å². The lowest BCUT2D eigenvalue weighted by molar-refractivity contribution is 0.282. The van der Waals surface area contributed by atoms with Gasteiger partial charge in [0.1, 0.15) is 29.6 Å². The molecule has 2 rings (SSSR count). The fourth-order valence-corrected chi connectivity index (χ4v) is 1.78. The molecule has 0 aliphatic carbocycles. The summed E-state index contributed by atoms with van der Waals surface area (Å²) in [5.74, 6) is 2.20. The van der Waals surface area contributed by atoms with Gasteiger partial charge in [0.05, 0.1) is 7.11 Å². The van der Waals surface area contributed by atoms with Gasteiger partial charge in [-0.05, 0) is 19.9 Å². The monoisotopic (exact) mass is 262 g/mol. The molecular formula is C14H18N2O3. The van der Waals surface area contributed by atoms with E-state index in [1.807, 2.05) is 38.1 Å². The third-order valence-electron chi connectivity index (χ3n) is 2.76. The predicted molar refractivity (Wildman–Crippen MR) is 71.2 cm³/mol. The molecule has 1 aromatic carbocycles. The second-order valence-electron chi connectivity index (χ2n) is 4.41. The van der Waals surface area contributed by atoms with Gasteiger partial charge in [-0.3, -0.25) is 0 Å². The Morgan fingerprint density at radius 1 is 1.37 bits per heavy atom. The van der Waals surface area contributed by atoms with Crippen molar-refractivity contribution >= 4 is 0 Å². The van der Waals surface area contributed by atoms with E-state index in [1.54, 1.807) is 7.11 Å².